The maximum atomic E-state index is 11.6. The molecular weight excluding hydrogens is 210 g/mol. The minimum absolute atomic E-state index is 0.253. The molecule has 5 nitrogen and oxygen atoms in total. The molecule has 1 heterocycles. The lowest BCUT2D eigenvalue weighted by atomic mass is 10.1. The summed E-state index contributed by atoms with van der Waals surface area (Å²) in [5, 5.41) is 8.42. The van der Waals surface area contributed by atoms with Gasteiger partial charge >= 0.3 is 5.97 Å². The molecule has 0 aromatic heterocycles. The average Bonchev–Trinajstić information content (AvgIpc) is 2.75. The first-order valence-corrected chi connectivity index (χ1v) is 5.41. The molecule has 0 aromatic rings. The molecule has 1 aliphatic rings. The van der Waals surface area contributed by atoms with Crippen LogP contribution in [0.2, 0.25) is 0 Å². The van der Waals surface area contributed by atoms with E-state index < -0.39 is 5.97 Å². The summed E-state index contributed by atoms with van der Waals surface area (Å²) in [5.41, 5.74) is 0. The van der Waals surface area contributed by atoms with E-state index in [0.29, 0.717) is 25.6 Å². The van der Waals surface area contributed by atoms with Gasteiger partial charge in [0.2, 0.25) is 5.91 Å². The van der Waals surface area contributed by atoms with Crippen molar-refractivity contribution in [3.63, 3.8) is 0 Å². The number of amides is 1. The van der Waals surface area contributed by atoms with Crippen LogP contribution >= 0.6 is 0 Å². The molecule has 0 saturated carbocycles. The van der Waals surface area contributed by atoms with Crippen LogP contribution in [0.1, 0.15) is 13.3 Å². The Hall–Kier alpha value is -1.36. The Morgan fingerprint density at radius 2 is 2.25 bits per heavy atom. The van der Waals surface area contributed by atoms with Crippen LogP contribution in [-0.4, -0.2) is 48.2 Å². The van der Waals surface area contributed by atoms with Crippen molar-refractivity contribution < 1.29 is 19.4 Å². The first-order valence-electron chi connectivity index (χ1n) is 5.41. The minimum atomic E-state index is -1.10. The van der Waals surface area contributed by atoms with Gasteiger partial charge in [0.25, 0.3) is 0 Å². The molecule has 1 aliphatic heterocycles. The number of ether oxygens (including phenoxy) is 1. The lowest BCUT2D eigenvalue weighted by Gasteiger charge is -2.22. The molecule has 5 heteroatoms. The van der Waals surface area contributed by atoms with E-state index in [0.717, 1.165) is 25.2 Å². The molecule has 0 bridgehead atoms. The van der Waals surface area contributed by atoms with Gasteiger partial charge in [0.05, 0.1) is 6.61 Å². The first-order chi connectivity index (χ1) is 7.63. The second-order valence-corrected chi connectivity index (χ2v) is 3.78. The van der Waals surface area contributed by atoms with E-state index in [9.17, 15) is 9.59 Å². The van der Waals surface area contributed by atoms with E-state index in [2.05, 4.69) is 0 Å². The quantitative estimate of drug-likeness (QED) is 0.695. The van der Waals surface area contributed by atoms with Crippen molar-refractivity contribution in [3.8, 4) is 0 Å². The van der Waals surface area contributed by atoms with Crippen LogP contribution in [0.4, 0.5) is 0 Å². The Morgan fingerprint density at radius 1 is 1.50 bits per heavy atom. The Kier molecular flexibility index (Phi) is 4.98. The lowest BCUT2D eigenvalue weighted by molar-refractivity contribution is -0.132. The summed E-state index contributed by atoms with van der Waals surface area (Å²) in [7, 11) is 0. The topological polar surface area (TPSA) is 66.8 Å². The molecule has 1 unspecified atom stereocenters. The van der Waals surface area contributed by atoms with Crippen molar-refractivity contribution in [3.05, 3.63) is 12.2 Å². The molecule has 90 valence electrons. The normalized spacial score (nSPS) is 20.2. The standard InChI is InChI=1S/C11H17NO4/c1-2-12(7-9-5-6-16-8-9)10(13)3-4-11(14)15/h3-4,9H,2,5-8H2,1H3,(H,14,15)/b4-3+. The monoisotopic (exact) mass is 227 g/mol. The fourth-order valence-electron chi connectivity index (χ4n) is 1.66. The highest BCUT2D eigenvalue weighted by Gasteiger charge is 2.20. The second-order valence-electron chi connectivity index (χ2n) is 3.78. The molecule has 0 aliphatic carbocycles. The zero-order valence-corrected chi connectivity index (χ0v) is 9.39. The van der Waals surface area contributed by atoms with Gasteiger partial charge in [-0.1, -0.05) is 0 Å². The Bertz CT molecular complexity index is 282. The number of hydrogen-bond acceptors (Lipinski definition) is 3. The third-order valence-electron chi connectivity index (χ3n) is 2.56. The SMILES string of the molecule is CCN(CC1CCOC1)C(=O)/C=C/C(=O)O. The molecule has 1 saturated heterocycles. The van der Waals surface area contributed by atoms with Crippen LogP contribution in [0.25, 0.3) is 0 Å². The number of aliphatic carboxylic acids is 1. The van der Waals surface area contributed by atoms with Crippen LogP contribution in [0.3, 0.4) is 0 Å². The number of likely N-dealkylation sites (N-methyl/N-ethyl adjacent to an activating group) is 1. The fourth-order valence-corrected chi connectivity index (χ4v) is 1.66. The molecule has 0 aromatic carbocycles. The van der Waals surface area contributed by atoms with E-state index in [4.69, 9.17) is 9.84 Å². The highest BCUT2D eigenvalue weighted by atomic mass is 16.5. The summed E-state index contributed by atoms with van der Waals surface area (Å²) in [6.45, 7) is 4.54. The largest absolute Gasteiger partial charge is 0.478 e. The zero-order chi connectivity index (χ0) is 12.0. The van der Waals surface area contributed by atoms with Crippen molar-refractivity contribution in [2.24, 2.45) is 5.92 Å². The summed E-state index contributed by atoms with van der Waals surface area (Å²) in [4.78, 5) is 23.5. The van der Waals surface area contributed by atoms with Crippen molar-refractivity contribution in [1.82, 2.24) is 4.90 Å². The molecule has 16 heavy (non-hydrogen) atoms. The predicted octanol–water partition coefficient (Wildman–Crippen LogP) is 0.512. The summed E-state index contributed by atoms with van der Waals surface area (Å²) < 4.78 is 5.23. The van der Waals surface area contributed by atoms with Gasteiger partial charge < -0.3 is 14.7 Å². The maximum absolute atomic E-state index is 11.6. The lowest BCUT2D eigenvalue weighted by Crippen LogP contribution is -2.34. The van der Waals surface area contributed by atoms with Crippen molar-refractivity contribution in [2.45, 2.75) is 13.3 Å². The molecule has 0 spiro atoms. The number of rotatable bonds is 5. The second kappa shape index (κ2) is 6.27. The summed E-state index contributed by atoms with van der Waals surface area (Å²) in [6.07, 6.45) is 2.93. The number of carboxylic acids is 1. The maximum Gasteiger partial charge on any atom is 0.328 e. The van der Waals surface area contributed by atoms with Crippen LogP contribution in [-0.2, 0) is 14.3 Å². The van der Waals surface area contributed by atoms with Gasteiger partial charge in [0.15, 0.2) is 0 Å². The minimum Gasteiger partial charge on any atom is -0.478 e. The predicted molar refractivity (Wildman–Crippen MR) is 58.0 cm³/mol. The summed E-state index contributed by atoms with van der Waals surface area (Å²) in [6, 6.07) is 0. The number of hydrogen-bond donors (Lipinski definition) is 1. The molecule has 0 radical (unpaired) electrons. The highest BCUT2D eigenvalue weighted by Crippen LogP contribution is 2.13. The number of carboxylic acid groups (broad SMARTS) is 1. The molecule has 1 amide bonds. The van der Waals surface area contributed by atoms with Gasteiger partial charge in [0, 0.05) is 37.8 Å². The summed E-state index contributed by atoms with van der Waals surface area (Å²) >= 11 is 0. The van der Waals surface area contributed by atoms with Gasteiger partial charge in [-0.3, -0.25) is 4.79 Å². The van der Waals surface area contributed by atoms with Gasteiger partial charge in [-0.2, -0.15) is 0 Å². The average molecular weight is 227 g/mol. The van der Waals surface area contributed by atoms with Gasteiger partial charge in [-0.05, 0) is 13.3 Å². The van der Waals surface area contributed by atoms with E-state index in [1.54, 1.807) is 4.90 Å². The third kappa shape index (κ3) is 4.02. The van der Waals surface area contributed by atoms with Crippen molar-refractivity contribution in [1.29, 1.82) is 0 Å². The number of carbonyl (C=O) groups excluding carboxylic acids is 1. The van der Waals surface area contributed by atoms with Crippen LogP contribution in [0, 0.1) is 5.92 Å². The Balaban J connectivity index is 2.45. The highest BCUT2D eigenvalue weighted by molar-refractivity contribution is 5.93. The van der Waals surface area contributed by atoms with Gasteiger partial charge in [0.1, 0.15) is 0 Å². The van der Waals surface area contributed by atoms with E-state index in [-0.39, 0.29) is 5.91 Å². The molecule has 1 N–H and O–H groups in total. The molecule has 1 atom stereocenters. The van der Waals surface area contributed by atoms with Crippen LogP contribution < -0.4 is 0 Å². The zero-order valence-electron chi connectivity index (χ0n) is 9.39. The van der Waals surface area contributed by atoms with Crippen molar-refractivity contribution in [2.75, 3.05) is 26.3 Å². The smallest absolute Gasteiger partial charge is 0.328 e. The van der Waals surface area contributed by atoms with Gasteiger partial charge in [-0.15, -0.1) is 0 Å². The summed E-state index contributed by atoms with van der Waals surface area (Å²) in [5.74, 6) is -0.979. The number of nitrogens with zero attached hydrogens (tertiary/aromatic N) is 1. The Labute approximate surface area is 94.7 Å². The van der Waals surface area contributed by atoms with E-state index >= 15 is 0 Å². The molecule has 1 rings (SSSR count). The molecular formula is C11H17NO4. The van der Waals surface area contributed by atoms with Crippen LogP contribution in [0.5, 0.6) is 0 Å². The fraction of sp³-hybridized carbons (Fsp3) is 0.636. The van der Waals surface area contributed by atoms with E-state index in [1.807, 2.05) is 6.92 Å². The molecule has 1 fully saturated rings. The van der Waals surface area contributed by atoms with Crippen molar-refractivity contribution >= 4 is 11.9 Å². The van der Waals surface area contributed by atoms with Crippen LogP contribution in [0.15, 0.2) is 12.2 Å². The first kappa shape index (κ1) is 12.7. The number of carbonyl (C=O) groups is 2. The third-order valence-corrected chi connectivity index (χ3v) is 2.56. The van der Waals surface area contributed by atoms with E-state index in [1.165, 1.54) is 0 Å². The Morgan fingerprint density at radius 3 is 2.75 bits per heavy atom. The van der Waals surface area contributed by atoms with Gasteiger partial charge in [-0.25, -0.2) is 4.79 Å².